The predicted octanol–water partition coefficient (Wildman–Crippen LogP) is 2.25. The van der Waals surface area contributed by atoms with Gasteiger partial charge in [0.25, 0.3) is 5.91 Å². The summed E-state index contributed by atoms with van der Waals surface area (Å²) >= 11 is 3.33. The molecule has 0 aliphatic heterocycles. The lowest BCUT2D eigenvalue weighted by Gasteiger charge is -2.09. The minimum absolute atomic E-state index is 0.108. The van der Waals surface area contributed by atoms with Gasteiger partial charge in [-0.3, -0.25) is 10.1 Å². The SMILES string of the molecule is COc1ccc(Br)cc1/C=C/C(=O)OCC(=O)NC(=O)NC(C)C. The Balaban J connectivity index is 2.50. The van der Waals surface area contributed by atoms with Crippen molar-refractivity contribution in [2.45, 2.75) is 19.9 Å². The molecule has 24 heavy (non-hydrogen) atoms. The van der Waals surface area contributed by atoms with Crippen LogP contribution in [-0.4, -0.2) is 37.7 Å². The largest absolute Gasteiger partial charge is 0.496 e. The lowest BCUT2D eigenvalue weighted by Crippen LogP contribution is -2.43. The van der Waals surface area contributed by atoms with Crippen LogP contribution in [0.15, 0.2) is 28.7 Å². The van der Waals surface area contributed by atoms with Crippen LogP contribution in [0.2, 0.25) is 0 Å². The van der Waals surface area contributed by atoms with Crippen molar-refractivity contribution in [3.05, 3.63) is 34.3 Å². The average molecular weight is 399 g/mol. The maximum Gasteiger partial charge on any atom is 0.331 e. The van der Waals surface area contributed by atoms with Crippen molar-refractivity contribution in [1.29, 1.82) is 0 Å². The Bertz CT molecular complexity index is 643. The van der Waals surface area contributed by atoms with Crippen molar-refractivity contribution in [1.82, 2.24) is 10.6 Å². The summed E-state index contributed by atoms with van der Waals surface area (Å²) in [4.78, 5) is 34.4. The van der Waals surface area contributed by atoms with Crippen molar-refractivity contribution in [3.8, 4) is 5.75 Å². The highest BCUT2D eigenvalue weighted by molar-refractivity contribution is 9.10. The van der Waals surface area contributed by atoms with Crippen LogP contribution >= 0.6 is 15.9 Å². The second kappa shape index (κ2) is 9.71. The van der Waals surface area contributed by atoms with E-state index >= 15 is 0 Å². The Hall–Kier alpha value is -2.35. The monoisotopic (exact) mass is 398 g/mol. The third-order valence-corrected chi connectivity index (χ3v) is 3.10. The molecule has 0 aromatic heterocycles. The van der Waals surface area contributed by atoms with Gasteiger partial charge in [-0.05, 0) is 38.1 Å². The maximum absolute atomic E-state index is 11.6. The summed E-state index contributed by atoms with van der Waals surface area (Å²) in [5.74, 6) is -0.836. The van der Waals surface area contributed by atoms with Crippen LogP contribution in [0.25, 0.3) is 6.08 Å². The van der Waals surface area contributed by atoms with Gasteiger partial charge in [0.05, 0.1) is 7.11 Å². The highest BCUT2D eigenvalue weighted by Gasteiger charge is 2.10. The van der Waals surface area contributed by atoms with E-state index in [0.717, 1.165) is 4.47 Å². The first-order valence-electron chi connectivity index (χ1n) is 7.10. The Labute approximate surface area is 148 Å². The molecule has 8 heteroatoms. The second-order valence-corrected chi connectivity index (χ2v) is 5.92. The van der Waals surface area contributed by atoms with E-state index in [-0.39, 0.29) is 6.04 Å². The van der Waals surface area contributed by atoms with Crippen LogP contribution in [-0.2, 0) is 14.3 Å². The fourth-order valence-corrected chi connectivity index (χ4v) is 2.02. The van der Waals surface area contributed by atoms with Crippen molar-refractivity contribution >= 4 is 39.9 Å². The van der Waals surface area contributed by atoms with E-state index in [1.54, 1.807) is 32.0 Å². The molecule has 0 fully saturated rings. The smallest absolute Gasteiger partial charge is 0.331 e. The molecule has 7 nitrogen and oxygen atoms in total. The topological polar surface area (TPSA) is 93.7 Å². The zero-order chi connectivity index (χ0) is 18.1. The van der Waals surface area contributed by atoms with E-state index in [1.165, 1.54) is 19.3 Å². The maximum atomic E-state index is 11.6. The summed E-state index contributed by atoms with van der Waals surface area (Å²) in [5.41, 5.74) is 0.671. The number of benzene rings is 1. The molecule has 0 saturated carbocycles. The number of halogens is 1. The highest BCUT2D eigenvalue weighted by Crippen LogP contribution is 2.24. The standard InChI is InChI=1S/C16H19BrN2O5/c1-10(2)18-16(22)19-14(20)9-24-15(21)7-4-11-8-12(17)5-6-13(11)23-3/h4-8,10H,9H2,1-3H3,(H2,18,19,20,22)/b7-4+. The molecule has 0 radical (unpaired) electrons. The second-order valence-electron chi connectivity index (χ2n) is 5.00. The van der Waals surface area contributed by atoms with Gasteiger partial charge >= 0.3 is 12.0 Å². The van der Waals surface area contributed by atoms with E-state index in [9.17, 15) is 14.4 Å². The lowest BCUT2D eigenvalue weighted by atomic mass is 10.2. The zero-order valence-corrected chi connectivity index (χ0v) is 15.2. The van der Waals surface area contributed by atoms with Crippen molar-refractivity contribution in [3.63, 3.8) is 0 Å². The predicted molar refractivity (Wildman–Crippen MR) is 92.5 cm³/mol. The summed E-state index contributed by atoms with van der Waals surface area (Å²) < 4.78 is 10.8. The number of methoxy groups -OCH3 is 1. The first kappa shape index (κ1) is 19.7. The molecule has 130 valence electrons. The van der Waals surface area contributed by atoms with Gasteiger partial charge in [0, 0.05) is 22.2 Å². The molecule has 0 heterocycles. The number of urea groups is 1. The van der Waals surface area contributed by atoms with E-state index in [1.807, 2.05) is 5.32 Å². The van der Waals surface area contributed by atoms with Crippen LogP contribution < -0.4 is 15.4 Å². The van der Waals surface area contributed by atoms with Crippen molar-refractivity contribution in [2.24, 2.45) is 0 Å². The van der Waals surface area contributed by atoms with Gasteiger partial charge < -0.3 is 14.8 Å². The third kappa shape index (κ3) is 7.28. The van der Waals surface area contributed by atoms with Gasteiger partial charge in [0.2, 0.25) is 0 Å². The molecule has 0 unspecified atom stereocenters. The fourth-order valence-electron chi connectivity index (χ4n) is 1.64. The number of amides is 3. The quantitative estimate of drug-likeness (QED) is 0.566. The van der Waals surface area contributed by atoms with Crippen LogP contribution in [0.1, 0.15) is 19.4 Å². The molecule has 0 aliphatic carbocycles. The fraction of sp³-hybridized carbons (Fsp3) is 0.312. The molecule has 1 aromatic carbocycles. The first-order chi connectivity index (χ1) is 11.3. The molecule has 0 aliphatic rings. The van der Waals surface area contributed by atoms with Crippen molar-refractivity contribution < 1.29 is 23.9 Å². The molecule has 0 bridgehead atoms. The summed E-state index contributed by atoms with van der Waals surface area (Å²) in [6.07, 6.45) is 2.68. The number of esters is 1. The van der Waals surface area contributed by atoms with Crippen molar-refractivity contribution in [2.75, 3.05) is 13.7 Å². The molecule has 2 N–H and O–H groups in total. The molecule has 0 spiro atoms. The number of carbonyl (C=O) groups is 3. The number of hydrogen-bond acceptors (Lipinski definition) is 5. The molecule has 0 saturated heterocycles. The van der Waals surface area contributed by atoms with Crippen LogP contribution in [0.4, 0.5) is 4.79 Å². The van der Waals surface area contributed by atoms with E-state index < -0.39 is 24.5 Å². The molecular formula is C16H19BrN2O5. The average Bonchev–Trinajstić information content (AvgIpc) is 2.50. The van der Waals surface area contributed by atoms with Gasteiger partial charge in [-0.25, -0.2) is 9.59 Å². The number of hydrogen-bond donors (Lipinski definition) is 2. The van der Waals surface area contributed by atoms with Gasteiger partial charge in [0.15, 0.2) is 6.61 Å². The van der Waals surface area contributed by atoms with Crippen LogP contribution in [0, 0.1) is 0 Å². The molecule has 1 rings (SSSR count). The number of rotatable bonds is 6. The van der Waals surface area contributed by atoms with Gasteiger partial charge in [0.1, 0.15) is 5.75 Å². The van der Waals surface area contributed by atoms with Crippen LogP contribution in [0.3, 0.4) is 0 Å². The first-order valence-corrected chi connectivity index (χ1v) is 7.90. The number of carbonyl (C=O) groups excluding carboxylic acids is 3. The Morgan fingerprint density at radius 3 is 2.62 bits per heavy atom. The van der Waals surface area contributed by atoms with E-state index in [0.29, 0.717) is 11.3 Å². The Morgan fingerprint density at radius 1 is 1.29 bits per heavy atom. The Kier molecular flexibility index (Phi) is 7.97. The lowest BCUT2D eigenvalue weighted by molar-refractivity contribution is -0.143. The van der Waals surface area contributed by atoms with Gasteiger partial charge in [-0.2, -0.15) is 0 Å². The number of ether oxygens (including phenoxy) is 2. The normalized spacial score (nSPS) is 10.5. The van der Waals surface area contributed by atoms with E-state index in [4.69, 9.17) is 9.47 Å². The van der Waals surface area contributed by atoms with Gasteiger partial charge in [-0.1, -0.05) is 15.9 Å². The highest BCUT2D eigenvalue weighted by atomic mass is 79.9. The summed E-state index contributed by atoms with van der Waals surface area (Å²) in [6.45, 7) is 2.96. The third-order valence-electron chi connectivity index (χ3n) is 2.61. The molecule has 3 amide bonds. The molecular weight excluding hydrogens is 380 g/mol. The minimum atomic E-state index is -0.713. The van der Waals surface area contributed by atoms with E-state index in [2.05, 4.69) is 21.2 Å². The number of imide groups is 1. The minimum Gasteiger partial charge on any atom is -0.496 e. The summed E-state index contributed by atoms with van der Waals surface area (Å²) in [5, 5.41) is 4.53. The number of nitrogens with one attached hydrogen (secondary N) is 2. The zero-order valence-electron chi connectivity index (χ0n) is 13.6. The molecule has 1 aromatic rings. The summed E-state index contributed by atoms with van der Waals surface area (Å²) in [7, 11) is 1.52. The summed E-state index contributed by atoms with van der Waals surface area (Å²) in [6, 6.07) is 4.58. The van der Waals surface area contributed by atoms with Crippen LogP contribution in [0.5, 0.6) is 5.75 Å². The molecule has 0 atom stereocenters. The Morgan fingerprint density at radius 2 is 2.00 bits per heavy atom. The van der Waals surface area contributed by atoms with Gasteiger partial charge in [-0.15, -0.1) is 0 Å².